The summed E-state index contributed by atoms with van der Waals surface area (Å²) in [6.45, 7) is 9.55. The Morgan fingerprint density at radius 2 is 1.88 bits per heavy atom. The summed E-state index contributed by atoms with van der Waals surface area (Å²) in [5, 5.41) is 15.6. The van der Waals surface area contributed by atoms with Crippen molar-refractivity contribution in [2.45, 2.75) is 102 Å². The number of fused-ring (bicyclic) bond motifs is 5. The smallest absolute Gasteiger partial charge is 0.407 e. The number of nitrogens with one attached hydrogen (secondary N) is 1. The zero-order valence-electron chi connectivity index (χ0n) is 25.2. The Hall–Kier alpha value is -2.65. The van der Waals surface area contributed by atoms with Gasteiger partial charge in [-0.05, 0) is 99.4 Å². The number of amides is 1. The van der Waals surface area contributed by atoms with Crippen molar-refractivity contribution in [1.29, 1.82) is 0 Å². The Kier molecular flexibility index (Phi) is 7.79. The SMILES string of the molecule is CC(=O)O[C@H]1C[C@]2(O)[C@@H]3CCC4=C[C@@H](OC(=O)NCCN5CCCC5)CC[C@]4(C)[C@H]3CC[C@]2(C)[C@H]1c1ccc(=O)oc1. The molecule has 2 heterocycles. The Balaban J connectivity index is 1.18. The third kappa shape index (κ3) is 5.00. The summed E-state index contributed by atoms with van der Waals surface area (Å²) >= 11 is 0. The van der Waals surface area contributed by atoms with Gasteiger partial charge >= 0.3 is 17.7 Å². The molecule has 6 rings (SSSR count). The van der Waals surface area contributed by atoms with Gasteiger partial charge in [0.1, 0.15) is 12.2 Å². The molecule has 1 aliphatic heterocycles. The molecule has 2 N–H and O–H groups in total. The predicted molar refractivity (Wildman–Crippen MR) is 156 cm³/mol. The highest BCUT2D eigenvalue weighted by molar-refractivity contribution is 5.67. The van der Waals surface area contributed by atoms with E-state index < -0.39 is 22.7 Å². The second-order valence-corrected chi connectivity index (χ2v) is 13.9. The molecule has 1 saturated heterocycles. The number of carbonyl (C=O) groups is 2. The van der Waals surface area contributed by atoms with Crippen molar-refractivity contribution >= 4 is 12.1 Å². The van der Waals surface area contributed by atoms with E-state index >= 15 is 0 Å². The number of hydrogen-bond acceptors (Lipinski definition) is 8. The topological polar surface area (TPSA) is 118 Å². The molecule has 3 saturated carbocycles. The molecule has 4 aliphatic carbocycles. The molecule has 0 aromatic carbocycles. The maximum Gasteiger partial charge on any atom is 0.407 e. The van der Waals surface area contributed by atoms with Crippen LogP contribution < -0.4 is 10.9 Å². The zero-order valence-corrected chi connectivity index (χ0v) is 25.2. The van der Waals surface area contributed by atoms with Crippen molar-refractivity contribution in [3.8, 4) is 0 Å². The summed E-state index contributed by atoms with van der Waals surface area (Å²) in [6.07, 6.45) is 10.5. The van der Waals surface area contributed by atoms with Crippen LogP contribution in [-0.2, 0) is 14.3 Å². The van der Waals surface area contributed by atoms with Crippen molar-refractivity contribution in [2.24, 2.45) is 22.7 Å². The number of esters is 1. The molecule has 1 aromatic heterocycles. The van der Waals surface area contributed by atoms with Gasteiger partial charge in [-0.3, -0.25) is 4.79 Å². The minimum Gasteiger partial charge on any atom is -0.462 e. The van der Waals surface area contributed by atoms with Crippen LogP contribution >= 0.6 is 0 Å². The van der Waals surface area contributed by atoms with Gasteiger partial charge in [0.05, 0.1) is 11.9 Å². The van der Waals surface area contributed by atoms with Crippen LogP contribution in [0, 0.1) is 22.7 Å². The van der Waals surface area contributed by atoms with Crippen LogP contribution in [-0.4, -0.2) is 66.1 Å². The molecule has 8 atom stereocenters. The molecule has 0 unspecified atom stereocenters. The highest BCUT2D eigenvalue weighted by Gasteiger charge is 2.70. The maximum atomic E-state index is 12.7. The lowest BCUT2D eigenvalue weighted by Gasteiger charge is -2.61. The van der Waals surface area contributed by atoms with Crippen molar-refractivity contribution in [1.82, 2.24) is 10.2 Å². The van der Waals surface area contributed by atoms with E-state index in [0.717, 1.165) is 63.7 Å². The van der Waals surface area contributed by atoms with Crippen LogP contribution in [0.4, 0.5) is 4.79 Å². The first-order valence-electron chi connectivity index (χ1n) is 15.9. The van der Waals surface area contributed by atoms with Gasteiger partial charge in [-0.2, -0.15) is 0 Å². The highest BCUT2D eigenvalue weighted by atomic mass is 16.6. The summed E-state index contributed by atoms with van der Waals surface area (Å²) in [5.74, 6) is -0.321. The fourth-order valence-electron chi connectivity index (χ4n) is 9.73. The van der Waals surface area contributed by atoms with E-state index in [2.05, 4.69) is 30.1 Å². The van der Waals surface area contributed by atoms with E-state index in [1.54, 1.807) is 6.07 Å². The monoisotopic (exact) mass is 582 g/mol. The molecule has 0 bridgehead atoms. The van der Waals surface area contributed by atoms with E-state index in [-0.39, 0.29) is 41.3 Å². The van der Waals surface area contributed by atoms with E-state index in [4.69, 9.17) is 13.9 Å². The molecule has 9 nitrogen and oxygen atoms in total. The van der Waals surface area contributed by atoms with Crippen LogP contribution in [0.3, 0.4) is 0 Å². The van der Waals surface area contributed by atoms with Gasteiger partial charge in [0, 0.05) is 43.8 Å². The number of carbonyl (C=O) groups excluding carboxylic acids is 2. The van der Waals surface area contributed by atoms with E-state index in [1.807, 2.05) is 0 Å². The molecule has 5 aliphatic rings. The van der Waals surface area contributed by atoms with Crippen molar-refractivity contribution in [3.05, 3.63) is 46.0 Å². The predicted octanol–water partition coefficient (Wildman–Crippen LogP) is 4.53. The van der Waals surface area contributed by atoms with Gasteiger partial charge in [0.2, 0.25) is 0 Å². The highest BCUT2D eigenvalue weighted by Crippen LogP contribution is 2.70. The van der Waals surface area contributed by atoms with E-state index in [0.29, 0.717) is 13.0 Å². The first kappa shape index (κ1) is 29.4. The molecule has 42 heavy (non-hydrogen) atoms. The first-order chi connectivity index (χ1) is 20.0. The summed E-state index contributed by atoms with van der Waals surface area (Å²) in [6, 6.07) is 3.16. The molecule has 230 valence electrons. The number of aliphatic hydroxyl groups is 1. The second-order valence-electron chi connectivity index (χ2n) is 13.9. The number of allylic oxidation sites excluding steroid dienone is 1. The number of hydrogen-bond donors (Lipinski definition) is 2. The van der Waals surface area contributed by atoms with Crippen molar-refractivity contribution < 1.29 is 28.6 Å². The number of likely N-dealkylation sites (tertiary alicyclic amines) is 1. The fraction of sp³-hybridized carbons (Fsp3) is 0.727. The molecule has 4 fully saturated rings. The lowest BCUT2D eigenvalue weighted by molar-refractivity contribution is -0.178. The Labute approximate surface area is 248 Å². The normalized spacial score (nSPS) is 39.4. The van der Waals surface area contributed by atoms with Gasteiger partial charge < -0.3 is 29.2 Å². The van der Waals surface area contributed by atoms with Gasteiger partial charge in [-0.25, -0.2) is 9.59 Å². The van der Waals surface area contributed by atoms with Gasteiger partial charge in [0.15, 0.2) is 0 Å². The minimum atomic E-state index is -1.03. The third-order valence-corrected chi connectivity index (χ3v) is 11.8. The number of rotatable bonds is 6. The summed E-state index contributed by atoms with van der Waals surface area (Å²) in [7, 11) is 0. The molecule has 1 amide bonds. The quantitative estimate of drug-likeness (QED) is 0.371. The Morgan fingerprint density at radius 3 is 2.60 bits per heavy atom. The number of ether oxygens (including phenoxy) is 2. The molecule has 0 spiro atoms. The molecule has 1 aromatic rings. The maximum absolute atomic E-state index is 12.7. The molecular weight excluding hydrogens is 536 g/mol. The van der Waals surface area contributed by atoms with E-state index in [1.165, 1.54) is 37.7 Å². The van der Waals surface area contributed by atoms with Gasteiger partial charge in [-0.15, -0.1) is 0 Å². The lowest BCUT2D eigenvalue weighted by atomic mass is 9.45. The number of nitrogens with zero attached hydrogens (tertiary/aromatic N) is 1. The first-order valence-corrected chi connectivity index (χ1v) is 15.9. The van der Waals surface area contributed by atoms with E-state index in [9.17, 15) is 19.5 Å². The van der Waals surface area contributed by atoms with Gasteiger partial charge in [0.25, 0.3) is 0 Å². The average molecular weight is 583 g/mol. The van der Waals surface area contributed by atoms with Gasteiger partial charge in [-0.1, -0.05) is 19.4 Å². The minimum absolute atomic E-state index is 0.0449. The molecule has 9 heteroatoms. The zero-order chi connectivity index (χ0) is 29.7. The lowest BCUT2D eigenvalue weighted by Crippen LogP contribution is -2.60. The third-order valence-electron chi connectivity index (χ3n) is 11.8. The Morgan fingerprint density at radius 1 is 1.10 bits per heavy atom. The van der Waals surface area contributed by atoms with Crippen molar-refractivity contribution in [2.75, 3.05) is 26.2 Å². The van der Waals surface area contributed by atoms with Crippen LogP contribution in [0.25, 0.3) is 0 Å². The van der Waals surface area contributed by atoms with Crippen LogP contribution in [0.5, 0.6) is 0 Å². The summed E-state index contributed by atoms with van der Waals surface area (Å²) in [5.41, 5.74) is 0.0432. The average Bonchev–Trinajstić information content (AvgIpc) is 3.53. The molecular formula is C33H46N2O7. The number of alkyl carbamates (subject to hydrolysis) is 1. The summed E-state index contributed by atoms with van der Waals surface area (Å²) < 4.78 is 16.9. The largest absolute Gasteiger partial charge is 0.462 e. The summed E-state index contributed by atoms with van der Waals surface area (Å²) in [4.78, 5) is 38.8. The van der Waals surface area contributed by atoms with Crippen LogP contribution in [0.1, 0.15) is 90.0 Å². The Bertz CT molecular complexity index is 1270. The van der Waals surface area contributed by atoms with Crippen LogP contribution in [0.2, 0.25) is 0 Å². The van der Waals surface area contributed by atoms with Crippen LogP contribution in [0.15, 0.2) is 39.3 Å². The van der Waals surface area contributed by atoms with Crippen molar-refractivity contribution in [3.63, 3.8) is 0 Å². The second kappa shape index (κ2) is 11.1. The standard InChI is InChI=1S/C33H46N2O7/c1-21(36)41-27-19-33(39)26-8-7-23-18-24(42-30(38)34-14-17-35-15-4-5-16-35)10-12-31(23,2)25(26)11-13-32(33,3)29(27)22-6-9-28(37)40-20-22/h6,9,18,20,24-27,29,39H,4-5,7-8,10-17,19H2,1-3H3,(H,34,38)/t24-,25-,26+,27-,29-,31-,32+,33-/m0/s1. The molecule has 0 radical (unpaired) electrons. The fourth-order valence-corrected chi connectivity index (χ4v) is 9.73.